The Morgan fingerprint density at radius 1 is 1.03 bits per heavy atom. The van der Waals surface area contributed by atoms with E-state index in [2.05, 4.69) is 5.32 Å². The van der Waals surface area contributed by atoms with E-state index in [0.29, 0.717) is 16.5 Å². The number of sulfonamides is 2. The molecule has 0 aliphatic rings. The number of benzene rings is 2. The first-order chi connectivity index (χ1) is 15.4. The van der Waals surface area contributed by atoms with E-state index in [0.717, 1.165) is 14.9 Å². The number of nitrogens with one attached hydrogen (secondary N) is 1. The lowest BCUT2D eigenvalue weighted by Gasteiger charge is -2.30. The van der Waals surface area contributed by atoms with Gasteiger partial charge in [0.05, 0.1) is 23.4 Å². The van der Waals surface area contributed by atoms with Crippen LogP contribution in [0, 0.1) is 0 Å². The lowest BCUT2D eigenvalue weighted by atomic mass is 10.2. The van der Waals surface area contributed by atoms with E-state index in [1.807, 2.05) is 0 Å². The van der Waals surface area contributed by atoms with E-state index < -0.39 is 32.0 Å². The Bertz CT molecular complexity index is 1150. The average molecular weight is 518 g/mol. The minimum Gasteiger partial charge on any atom is -0.492 e. The average Bonchev–Trinajstić information content (AvgIpc) is 2.75. The first kappa shape index (κ1) is 26.9. The number of hydrogen-bond acceptors (Lipinski definition) is 6. The molecule has 0 aliphatic carbocycles. The van der Waals surface area contributed by atoms with E-state index in [-0.39, 0.29) is 24.5 Å². The molecule has 0 aromatic heterocycles. The molecule has 9 nitrogen and oxygen atoms in total. The van der Waals surface area contributed by atoms with E-state index in [1.54, 1.807) is 31.2 Å². The quantitative estimate of drug-likeness (QED) is 0.458. The zero-order valence-corrected chi connectivity index (χ0v) is 21.2. The normalized spacial score (nSPS) is 12.9. The van der Waals surface area contributed by atoms with Crippen LogP contribution in [0.25, 0.3) is 0 Å². The number of carbonyl (C=O) groups excluding carboxylic acids is 1. The Kier molecular flexibility index (Phi) is 9.12. The minimum absolute atomic E-state index is 0.113. The molecular weight excluding hydrogens is 490 g/mol. The molecule has 0 fully saturated rings. The van der Waals surface area contributed by atoms with Gasteiger partial charge in [-0.25, -0.2) is 21.1 Å². The summed E-state index contributed by atoms with van der Waals surface area (Å²) in [6.45, 7) is 1.96. The Balaban J connectivity index is 2.00. The van der Waals surface area contributed by atoms with Crippen LogP contribution in [-0.2, 0) is 24.8 Å². The van der Waals surface area contributed by atoms with Gasteiger partial charge in [-0.1, -0.05) is 18.5 Å². The molecule has 2 aromatic carbocycles. The monoisotopic (exact) mass is 517 g/mol. The molecule has 0 saturated heterocycles. The van der Waals surface area contributed by atoms with Gasteiger partial charge < -0.3 is 10.1 Å². The summed E-state index contributed by atoms with van der Waals surface area (Å²) in [5.41, 5.74) is 0.341. The summed E-state index contributed by atoms with van der Waals surface area (Å²) in [7, 11) is -4.37. The maximum atomic E-state index is 12.8. The number of halogens is 1. The van der Waals surface area contributed by atoms with Crippen molar-refractivity contribution in [3.05, 3.63) is 53.6 Å². The Hall–Kier alpha value is -2.34. The zero-order chi connectivity index (χ0) is 24.8. The third kappa shape index (κ3) is 7.07. The highest BCUT2D eigenvalue weighted by Gasteiger charge is 2.31. The number of anilines is 1. The minimum atomic E-state index is -3.74. The lowest BCUT2D eigenvalue weighted by molar-refractivity contribution is -0.122. The molecule has 0 aliphatic heterocycles. The molecule has 1 amide bonds. The number of ether oxygens (including phenoxy) is 1. The fraction of sp³-hybridized carbons (Fsp3) is 0.381. The second-order valence-corrected chi connectivity index (χ2v) is 11.8. The molecule has 0 spiro atoms. The summed E-state index contributed by atoms with van der Waals surface area (Å²) in [6.07, 6.45) is 1.30. The van der Waals surface area contributed by atoms with Crippen molar-refractivity contribution >= 4 is 43.2 Å². The fourth-order valence-corrected chi connectivity index (χ4v) is 5.27. The Labute approximate surface area is 200 Å². The maximum absolute atomic E-state index is 12.8. The smallest absolute Gasteiger partial charge is 0.244 e. The van der Waals surface area contributed by atoms with Gasteiger partial charge in [0.25, 0.3) is 0 Å². The van der Waals surface area contributed by atoms with Crippen molar-refractivity contribution in [1.82, 2.24) is 9.62 Å². The van der Waals surface area contributed by atoms with Crippen LogP contribution in [0.3, 0.4) is 0 Å². The van der Waals surface area contributed by atoms with Crippen LogP contribution >= 0.6 is 11.6 Å². The third-order valence-electron chi connectivity index (χ3n) is 4.68. The predicted octanol–water partition coefficient (Wildman–Crippen LogP) is 2.33. The molecule has 0 bridgehead atoms. The number of rotatable bonds is 11. The third-order valence-corrected chi connectivity index (χ3v) is 7.94. The van der Waals surface area contributed by atoms with Crippen molar-refractivity contribution in [2.75, 3.05) is 37.8 Å². The summed E-state index contributed by atoms with van der Waals surface area (Å²) < 4.78 is 56.8. The Morgan fingerprint density at radius 2 is 1.61 bits per heavy atom. The van der Waals surface area contributed by atoms with Gasteiger partial charge in [0.1, 0.15) is 18.4 Å². The van der Waals surface area contributed by atoms with E-state index in [4.69, 9.17) is 16.3 Å². The van der Waals surface area contributed by atoms with Gasteiger partial charge in [-0.05, 0) is 55.0 Å². The standard InChI is InChI=1S/C21H28ClN3O6S2/c1-5-20(25(32(4,27)28)17-8-6-16(22)7-9-17)21(26)23-14-15-31-18-10-12-19(13-11-18)33(29,30)24(2)3/h6-13,20H,5,14-15H2,1-4H3,(H,23,26)/t20-/m1/s1. The molecule has 0 radical (unpaired) electrons. The molecule has 0 saturated carbocycles. The lowest BCUT2D eigenvalue weighted by Crippen LogP contribution is -2.50. The van der Waals surface area contributed by atoms with E-state index in [1.165, 1.54) is 38.4 Å². The summed E-state index contributed by atoms with van der Waals surface area (Å²) in [4.78, 5) is 12.9. The largest absolute Gasteiger partial charge is 0.492 e. The van der Waals surface area contributed by atoms with Gasteiger partial charge in [-0.15, -0.1) is 0 Å². The summed E-state index contributed by atoms with van der Waals surface area (Å²) in [6, 6.07) is 11.2. The Morgan fingerprint density at radius 3 is 2.09 bits per heavy atom. The van der Waals surface area contributed by atoms with Crippen LogP contribution in [0.2, 0.25) is 5.02 Å². The highest BCUT2D eigenvalue weighted by atomic mass is 35.5. The summed E-state index contributed by atoms with van der Waals surface area (Å²) in [5.74, 6) is -0.0261. The van der Waals surface area contributed by atoms with Crippen LogP contribution in [-0.4, -0.2) is 66.6 Å². The highest BCUT2D eigenvalue weighted by Crippen LogP contribution is 2.24. The van der Waals surface area contributed by atoms with Gasteiger partial charge in [-0.2, -0.15) is 0 Å². The molecule has 0 heterocycles. The van der Waals surface area contributed by atoms with Crippen LogP contribution in [0.1, 0.15) is 13.3 Å². The molecule has 33 heavy (non-hydrogen) atoms. The van der Waals surface area contributed by atoms with Crippen molar-refractivity contribution in [1.29, 1.82) is 0 Å². The number of carbonyl (C=O) groups is 1. The van der Waals surface area contributed by atoms with Crippen molar-refractivity contribution in [3.8, 4) is 5.75 Å². The van der Waals surface area contributed by atoms with Gasteiger partial charge >= 0.3 is 0 Å². The van der Waals surface area contributed by atoms with Gasteiger partial charge in [0.15, 0.2) is 0 Å². The maximum Gasteiger partial charge on any atom is 0.244 e. The van der Waals surface area contributed by atoms with Crippen LogP contribution in [0.15, 0.2) is 53.4 Å². The van der Waals surface area contributed by atoms with Crippen LogP contribution in [0.4, 0.5) is 5.69 Å². The first-order valence-electron chi connectivity index (χ1n) is 10.1. The second-order valence-electron chi connectivity index (χ2n) is 7.36. The van der Waals surface area contributed by atoms with E-state index in [9.17, 15) is 21.6 Å². The SMILES string of the molecule is CC[C@H](C(=O)NCCOc1ccc(S(=O)(=O)N(C)C)cc1)N(c1ccc(Cl)cc1)S(C)(=O)=O. The van der Waals surface area contributed by atoms with Crippen molar-refractivity contribution in [3.63, 3.8) is 0 Å². The molecule has 1 N–H and O–H groups in total. The van der Waals surface area contributed by atoms with Crippen LogP contribution in [0.5, 0.6) is 5.75 Å². The van der Waals surface area contributed by atoms with Crippen molar-refractivity contribution < 1.29 is 26.4 Å². The van der Waals surface area contributed by atoms with Gasteiger partial charge in [-0.3, -0.25) is 9.10 Å². The van der Waals surface area contributed by atoms with Gasteiger partial charge in [0, 0.05) is 19.1 Å². The number of amides is 1. The molecule has 182 valence electrons. The zero-order valence-electron chi connectivity index (χ0n) is 18.9. The van der Waals surface area contributed by atoms with Crippen molar-refractivity contribution in [2.45, 2.75) is 24.3 Å². The number of hydrogen-bond donors (Lipinski definition) is 1. The number of nitrogens with zero attached hydrogens (tertiary/aromatic N) is 2. The van der Waals surface area contributed by atoms with Crippen molar-refractivity contribution in [2.24, 2.45) is 0 Å². The molecule has 12 heteroatoms. The summed E-state index contributed by atoms with van der Waals surface area (Å²) >= 11 is 5.89. The molecule has 2 rings (SSSR count). The molecule has 1 atom stereocenters. The predicted molar refractivity (Wildman–Crippen MR) is 129 cm³/mol. The second kappa shape index (κ2) is 11.2. The van der Waals surface area contributed by atoms with Crippen LogP contribution < -0.4 is 14.4 Å². The summed E-state index contributed by atoms with van der Waals surface area (Å²) in [5, 5.41) is 3.14. The first-order valence-corrected chi connectivity index (χ1v) is 13.7. The molecule has 2 aromatic rings. The van der Waals surface area contributed by atoms with Gasteiger partial charge in [0.2, 0.25) is 26.0 Å². The molecule has 0 unspecified atom stereocenters. The highest BCUT2D eigenvalue weighted by molar-refractivity contribution is 7.92. The fourth-order valence-electron chi connectivity index (χ4n) is 3.03. The van der Waals surface area contributed by atoms with E-state index >= 15 is 0 Å². The molecular formula is C21H28ClN3O6S2. The topological polar surface area (TPSA) is 113 Å².